The van der Waals surface area contributed by atoms with Gasteiger partial charge in [0, 0.05) is 46.1 Å². The van der Waals surface area contributed by atoms with Crippen LogP contribution in [0.3, 0.4) is 0 Å². The quantitative estimate of drug-likeness (QED) is 0.167. The Hall–Kier alpha value is -2.97. The van der Waals surface area contributed by atoms with Crippen LogP contribution in [0.15, 0.2) is 30.3 Å². The molecule has 2 aliphatic rings. The van der Waals surface area contributed by atoms with Gasteiger partial charge in [0.05, 0.1) is 31.3 Å². The summed E-state index contributed by atoms with van der Waals surface area (Å²) in [5.41, 5.74) is 0.917. The van der Waals surface area contributed by atoms with E-state index in [4.69, 9.17) is 11.2 Å². The molecule has 10 nitrogen and oxygen atoms in total. The molecule has 1 saturated heterocycles. The number of benzene rings is 1. The Bertz CT molecular complexity index is 1150. The zero-order chi connectivity index (χ0) is 34.9. The van der Waals surface area contributed by atoms with E-state index in [1.165, 1.54) is 6.42 Å². The molecule has 0 bridgehead atoms. The number of likely N-dealkylation sites (N-methyl/N-ethyl adjacent to an activating group) is 1. The number of ether oxygens (including phenoxy) is 1. The first-order valence-corrected chi connectivity index (χ1v) is 18.1. The second-order valence-electron chi connectivity index (χ2n) is 14.2. The minimum atomic E-state index is -1.14. The summed E-state index contributed by atoms with van der Waals surface area (Å²) in [6.45, 7) is 8.26. The van der Waals surface area contributed by atoms with E-state index < -0.39 is 42.0 Å². The van der Waals surface area contributed by atoms with E-state index in [-0.39, 0.29) is 31.1 Å². The molecule has 0 radical (unpaired) electrons. The molecule has 48 heavy (non-hydrogen) atoms. The van der Waals surface area contributed by atoms with Crippen molar-refractivity contribution in [2.24, 2.45) is 17.8 Å². The van der Waals surface area contributed by atoms with Crippen LogP contribution in [0.5, 0.6) is 0 Å². The fraction of sp³-hybridized carbons (Fsp3) is 0.711. The second-order valence-corrected chi connectivity index (χ2v) is 14.2. The van der Waals surface area contributed by atoms with Crippen LogP contribution in [-0.2, 0) is 25.5 Å². The summed E-state index contributed by atoms with van der Waals surface area (Å²) in [7, 11) is 1.76. The number of carbonyl (C=O) groups excluding carboxylic acids is 3. The fourth-order valence-corrected chi connectivity index (χ4v) is 6.79. The van der Waals surface area contributed by atoms with Crippen molar-refractivity contribution in [2.75, 3.05) is 46.4 Å². The van der Waals surface area contributed by atoms with Crippen LogP contribution >= 0.6 is 0 Å². The number of hydrogen-bond acceptors (Lipinski definition) is 7. The van der Waals surface area contributed by atoms with E-state index in [1.807, 2.05) is 44.2 Å². The lowest BCUT2D eigenvalue weighted by molar-refractivity contribution is -0.137. The first kappa shape index (κ1) is 39.5. The van der Waals surface area contributed by atoms with Crippen molar-refractivity contribution in [3.63, 3.8) is 0 Å². The van der Waals surface area contributed by atoms with Crippen molar-refractivity contribution < 1.29 is 29.3 Å². The number of rotatable bonds is 19. The maximum absolute atomic E-state index is 13.9. The van der Waals surface area contributed by atoms with Gasteiger partial charge in [-0.05, 0) is 43.1 Å². The Labute approximate surface area is 288 Å². The summed E-state index contributed by atoms with van der Waals surface area (Å²) in [6, 6.07) is 7.93. The van der Waals surface area contributed by atoms with E-state index >= 15 is 0 Å². The Morgan fingerprint density at radius 1 is 1.04 bits per heavy atom. The second kappa shape index (κ2) is 21.2. The van der Waals surface area contributed by atoms with Gasteiger partial charge in [0.25, 0.3) is 0 Å². The minimum Gasteiger partial charge on any atom is -0.390 e. The van der Waals surface area contributed by atoms with Gasteiger partial charge < -0.3 is 30.5 Å². The molecular weight excluding hydrogens is 608 g/mol. The Balaban J connectivity index is 1.73. The van der Waals surface area contributed by atoms with E-state index in [2.05, 4.69) is 21.5 Å². The maximum atomic E-state index is 13.9. The number of aliphatic hydroxyl groups excluding tert-OH is 2. The molecule has 3 unspecified atom stereocenters. The molecule has 1 aromatic rings. The highest BCUT2D eigenvalue weighted by molar-refractivity contribution is 5.91. The highest BCUT2D eigenvalue weighted by Crippen LogP contribution is 2.29. The van der Waals surface area contributed by atoms with Gasteiger partial charge in [0.2, 0.25) is 17.7 Å². The molecule has 268 valence electrons. The lowest BCUT2D eigenvalue weighted by Gasteiger charge is -2.34. The van der Waals surface area contributed by atoms with Crippen molar-refractivity contribution in [1.29, 1.82) is 0 Å². The van der Waals surface area contributed by atoms with E-state index in [0.29, 0.717) is 44.9 Å². The van der Waals surface area contributed by atoms with E-state index in [9.17, 15) is 24.6 Å². The first-order chi connectivity index (χ1) is 23.1. The summed E-state index contributed by atoms with van der Waals surface area (Å²) < 4.78 is 5.42. The third-order valence-corrected chi connectivity index (χ3v) is 9.77. The van der Waals surface area contributed by atoms with Crippen LogP contribution in [0, 0.1) is 30.1 Å². The monoisotopic (exact) mass is 668 g/mol. The van der Waals surface area contributed by atoms with Crippen LogP contribution in [-0.4, -0.2) is 108 Å². The summed E-state index contributed by atoms with van der Waals surface area (Å²) in [4.78, 5) is 45.1. The normalized spacial score (nSPS) is 19.0. The van der Waals surface area contributed by atoms with Gasteiger partial charge in [-0.1, -0.05) is 76.3 Å². The van der Waals surface area contributed by atoms with Crippen molar-refractivity contribution in [3.8, 4) is 12.3 Å². The Morgan fingerprint density at radius 2 is 1.73 bits per heavy atom. The van der Waals surface area contributed by atoms with Crippen LogP contribution in [0.2, 0.25) is 0 Å². The molecule has 1 saturated carbocycles. The van der Waals surface area contributed by atoms with Crippen molar-refractivity contribution in [1.82, 2.24) is 20.4 Å². The summed E-state index contributed by atoms with van der Waals surface area (Å²) in [6.07, 6.45) is 10.7. The molecule has 5 atom stereocenters. The predicted molar refractivity (Wildman–Crippen MR) is 188 cm³/mol. The molecule has 2 fully saturated rings. The van der Waals surface area contributed by atoms with Crippen molar-refractivity contribution in [3.05, 3.63) is 35.9 Å². The number of morpholine rings is 1. The number of aliphatic hydroxyl groups is 2. The summed E-state index contributed by atoms with van der Waals surface area (Å²) in [5, 5.41) is 28.0. The Morgan fingerprint density at radius 3 is 2.38 bits per heavy atom. The highest BCUT2D eigenvalue weighted by Gasteiger charge is 2.34. The number of hydrogen-bond donors (Lipinski definition) is 4. The third-order valence-electron chi connectivity index (χ3n) is 9.77. The van der Waals surface area contributed by atoms with Gasteiger partial charge in [-0.25, -0.2) is 0 Å². The lowest BCUT2D eigenvalue weighted by atomic mass is 9.82. The van der Waals surface area contributed by atoms with Crippen LogP contribution in [0.4, 0.5) is 0 Å². The highest BCUT2D eigenvalue weighted by atomic mass is 16.5. The number of nitrogens with zero attached hydrogens (tertiary/aromatic N) is 2. The van der Waals surface area contributed by atoms with Crippen LogP contribution < -0.4 is 10.6 Å². The predicted octanol–water partition coefficient (Wildman–Crippen LogP) is 3.15. The van der Waals surface area contributed by atoms with Gasteiger partial charge in [-0.15, -0.1) is 12.3 Å². The molecule has 1 aromatic carbocycles. The summed E-state index contributed by atoms with van der Waals surface area (Å²) in [5.74, 6) is 1.40. The molecule has 1 aliphatic carbocycles. The topological polar surface area (TPSA) is 131 Å². The molecule has 10 heteroatoms. The standard InChI is InChI=1S/C38H60N4O6/c1-5-6-17-32(38(47)40-33(26-30-15-11-8-12-16-30)36(45)34(43)24-28(2)3)39-37(46)31(25-29-13-9-7-10-14-29)27-35(44)41(4)18-19-42-20-22-48-23-21-42/h1,7,9-10,13-14,28,30-34,36,43,45H,6,8,11-12,15-27H2,2-4H3,(H,39,46)(H,40,47)/t31?,32?,33-,34-,36?/m0/s1. The molecular formula is C38H60N4O6. The molecule has 0 aromatic heterocycles. The zero-order valence-electron chi connectivity index (χ0n) is 29.4. The van der Waals surface area contributed by atoms with E-state index in [1.54, 1.807) is 11.9 Å². The third kappa shape index (κ3) is 13.9. The molecule has 1 heterocycles. The molecule has 0 spiro atoms. The number of nitrogens with one attached hydrogen (secondary N) is 2. The van der Waals surface area contributed by atoms with Crippen LogP contribution in [0.1, 0.15) is 83.6 Å². The average Bonchev–Trinajstić information content (AvgIpc) is 3.08. The fourth-order valence-electron chi connectivity index (χ4n) is 6.79. The van der Waals surface area contributed by atoms with Gasteiger partial charge in [-0.3, -0.25) is 19.3 Å². The number of terminal acetylenes is 1. The van der Waals surface area contributed by atoms with Crippen LogP contribution in [0.25, 0.3) is 0 Å². The van der Waals surface area contributed by atoms with Gasteiger partial charge in [0.1, 0.15) is 12.1 Å². The van der Waals surface area contributed by atoms with E-state index in [0.717, 1.165) is 50.9 Å². The van der Waals surface area contributed by atoms with Gasteiger partial charge >= 0.3 is 0 Å². The Kier molecular flexibility index (Phi) is 17.4. The van der Waals surface area contributed by atoms with Crippen molar-refractivity contribution in [2.45, 2.75) is 109 Å². The minimum absolute atomic E-state index is 0.00572. The number of carbonyl (C=O) groups is 3. The van der Waals surface area contributed by atoms with Gasteiger partial charge in [0.15, 0.2) is 0 Å². The molecule has 3 rings (SSSR count). The first-order valence-electron chi connectivity index (χ1n) is 18.1. The zero-order valence-corrected chi connectivity index (χ0v) is 29.4. The van der Waals surface area contributed by atoms with Crippen molar-refractivity contribution >= 4 is 17.7 Å². The lowest BCUT2D eigenvalue weighted by Crippen LogP contribution is -2.56. The summed E-state index contributed by atoms with van der Waals surface area (Å²) >= 11 is 0. The molecule has 1 aliphatic heterocycles. The average molecular weight is 669 g/mol. The number of amides is 3. The van der Waals surface area contributed by atoms with Gasteiger partial charge in [-0.2, -0.15) is 0 Å². The molecule has 3 amide bonds. The SMILES string of the molecule is C#CCCC(NC(=O)C(CC(=O)N(C)CCN1CCOCC1)Cc1ccccc1)C(=O)N[C@@H](CC1CCCCC1)C(O)[C@@H](O)CC(C)C. The smallest absolute Gasteiger partial charge is 0.242 e. The largest absolute Gasteiger partial charge is 0.390 e. The maximum Gasteiger partial charge on any atom is 0.242 e. The molecule has 4 N–H and O–H groups in total.